The lowest BCUT2D eigenvalue weighted by Crippen LogP contribution is -3.00. The van der Waals surface area contributed by atoms with Gasteiger partial charge in [0.1, 0.15) is 12.3 Å². The monoisotopic (exact) mass is 392 g/mol. The Balaban J connectivity index is 0.00000288. The van der Waals surface area contributed by atoms with Gasteiger partial charge >= 0.3 is 0 Å². The summed E-state index contributed by atoms with van der Waals surface area (Å²) >= 11 is 0. The van der Waals surface area contributed by atoms with Gasteiger partial charge in [-0.15, -0.1) is 0 Å². The number of nitrogens with one attached hydrogen (secondary N) is 1. The highest BCUT2D eigenvalue weighted by Crippen LogP contribution is 2.25. The highest BCUT2D eigenvalue weighted by atomic mass is 79.9. The first kappa shape index (κ1) is 20.2. The summed E-state index contributed by atoms with van der Waals surface area (Å²) in [5, 5.41) is 2.94. The molecule has 0 saturated heterocycles. The number of hydrogen-bond donors (Lipinski definition) is 1. The van der Waals surface area contributed by atoms with Gasteiger partial charge in [0.25, 0.3) is 0 Å². The number of aryl methyl sites for hydroxylation is 1. The lowest BCUT2D eigenvalue weighted by atomic mass is 10.2. The zero-order chi connectivity index (χ0) is 16.5. The van der Waals surface area contributed by atoms with Crippen molar-refractivity contribution < 1.29 is 31.1 Å². The van der Waals surface area contributed by atoms with Crippen LogP contribution in [0.15, 0.2) is 54.9 Å². The molecule has 0 radical (unpaired) electrons. The SMILES string of the molecule is CC(C)Oc1ccccc1NC(=O)CCCC[n+]1ccccc1.[Br-]. The summed E-state index contributed by atoms with van der Waals surface area (Å²) in [4.78, 5) is 12.1. The van der Waals surface area contributed by atoms with Crippen molar-refractivity contribution in [2.45, 2.75) is 45.8 Å². The molecule has 1 N–H and O–H groups in total. The molecule has 0 aliphatic carbocycles. The number of carbonyl (C=O) groups is 1. The van der Waals surface area contributed by atoms with Gasteiger partial charge in [-0.1, -0.05) is 18.2 Å². The maximum Gasteiger partial charge on any atom is 0.224 e. The van der Waals surface area contributed by atoms with Crippen molar-refractivity contribution in [3.63, 3.8) is 0 Å². The molecule has 0 spiro atoms. The Morgan fingerprint density at radius 3 is 2.50 bits per heavy atom. The van der Waals surface area contributed by atoms with E-state index in [0.29, 0.717) is 6.42 Å². The molecule has 1 aromatic heterocycles. The van der Waals surface area contributed by atoms with E-state index in [9.17, 15) is 4.79 Å². The maximum atomic E-state index is 12.1. The van der Waals surface area contributed by atoms with Gasteiger partial charge in [0.2, 0.25) is 5.91 Å². The van der Waals surface area contributed by atoms with Crippen molar-refractivity contribution in [3.05, 3.63) is 54.9 Å². The summed E-state index contributed by atoms with van der Waals surface area (Å²) in [6.45, 7) is 4.88. The van der Waals surface area contributed by atoms with E-state index in [4.69, 9.17) is 4.74 Å². The van der Waals surface area contributed by atoms with Crippen LogP contribution in [0, 0.1) is 0 Å². The van der Waals surface area contributed by atoms with Crippen molar-refractivity contribution in [1.29, 1.82) is 0 Å². The van der Waals surface area contributed by atoms with Crippen LogP contribution in [-0.2, 0) is 11.3 Å². The summed E-state index contributed by atoms with van der Waals surface area (Å²) < 4.78 is 7.84. The van der Waals surface area contributed by atoms with Gasteiger partial charge in [0, 0.05) is 25.0 Å². The van der Waals surface area contributed by atoms with E-state index in [2.05, 4.69) is 9.88 Å². The van der Waals surface area contributed by atoms with Gasteiger partial charge in [-0.25, -0.2) is 4.57 Å². The Labute approximate surface area is 154 Å². The number of carbonyl (C=O) groups excluding carboxylic acids is 1. The molecule has 0 bridgehead atoms. The number of halogens is 1. The van der Waals surface area contributed by atoms with E-state index in [1.807, 2.05) is 68.7 Å². The first-order chi connectivity index (χ1) is 11.1. The molecule has 5 heteroatoms. The molecule has 0 aliphatic heterocycles. The fourth-order valence-corrected chi connectivity index (χ4v) is 2.30. The summed E-state index contributed by atoms with van der Waals surface area (Å²) in [6, 6.07) is 13.6. The standard InChI is InChI=1S/C19H24N2O2.BrH/c1-16(2)23-18-11-5-4-10-17(18)20-19(22)12-6-9-15-21-13-7-3-8-14-21;/h3-5,7-8,10-11,13-14,16H,6,9,12,15H2,1-2H3;1H. The smallest absolute Gasteiger partial charge is 0.224 e. The number of amides is 1. The maximum absolute atomic E-state index is 12.1. The second-order valence-corrected chi connectivity index (χ2v) is 5.78. The van der Waals surface area contributed by atoms with Crippen LogP contribution in [0.2, 0.25) is 0 Å². The predicted molar refractivity (Wildman–Crippen MR) is 91.3 cm³/mol. The second-order valence-electron chi connectivity index (χ2n) is 5.78. The molecule has 0 atom stereocenters. The number of anilines is 1. The van der Waals surface area contributed by atoms with Crippen molar-refractivity contribution in [2.75, 3.05) is 5.32 Å². The molecule has 24 heavy (non-hydrogen) atoms. The molecule has 2 aromatic rings. The first-order valence-electron chi connectivity index (χ1n) is 8.15. The van der Waals surface area contributed by atoms with Gasteiger partial charge in [0.15, 0.2) is 12.4 Å². The van der Waals surface area contributed by atoms with Crippen LogP contribution >= 0.6 is 0 Å². The van der Waals surface area contributed by atoms with Gasteiger partial charge < -0.3 is 27.0 Å². The van der Waals surface area contributed by atoms with Crippen molar-refractivity contribution in [2.24, 2.45) is 0 Å². The molecule has 130 valence electrons. The quantitative estimate of drug-likeness (QED) is 0.527. The topological polar surface area (TPSA) is 42.2 Å². The number of hydrogen-bond acceptors (Lipinski definition) is 2. The molecule has 0 unspecified atom stereocenters. The van der Waals surface area contributed by atoms with E-state index < -0.39 is 0 Å². The van der Waals surface area contributed by atoms with E-state index >= 15 is 0 Å². The van der Waals surface area contributed by atoms with Gasteiger partial charge in [-0.05, 0) is 32.4 Å². The minimum atomic E-state index is 0. The highest BCUT2D eigenvalue weighted by Gasteiger charge is 2.09. The minimum absolute atomic E-state index is 0. The average molecular weight is 393 g/mol. The zero-order valence-corrected chi connectivity index (χ0v) is 15.8. The third-order valence-corrected chi connectivity index (χ3v) is 3.37. The predicted octanol–water partition coefficient (Wildman–Crippen LogP) is 0.574. The Morgan fingerprint density at radius 2 is 1.79 bits per heavy atom. The lowest BCUT2D eigenvalue weighted by Gasteiger charge is -2.14. The van der Waals surface area contributed by atoms with Crippen molar-refractivity contribution >= 4 is 11.6 Å². The number of benzene rings is 1. The zero-order valence-electron chi connectivity index (χ0n) is 14.2. The molecular weight excluding hydrogens is 368 g/mol. The normalized spacial score (nSPS) is 10.1. The van der Waals surface area contributed by atoms with Crippen LogP contribution in [0.4, 0.5) is 5.69 Å². The average Bonchev–Trinajstić information content (AvgIpc) is 2.54. The molecule has 1 aromatic carbocycles. The van der Waals surface area contributed by atoms with Crippen LogP contribution in [0.1, 0.15) is 33.1 Å². The third kappa shape index (κ3) is 7.13. The number of unbranched alkanes of at least 4 members (excludes halogenated alkanes) is 1. The van der Waals surface area contributed by atoms with Crippen LogP contribution in [-0.4, -0.2) is 12.0 Å². The number of pyridine rings is 1. The van der Waals surface area contributed by atoms with Crippen LogP contribution in [0.5, 0.6) is 5.75 Å². The summed E-state index contributed by atoms with van der Waals surface area (Å²) in [7, 11) is 0. The third-order valence-electron chi connectivity index (χ3n) is 3.37. The Bertz CT molecular complexity index is 618. The Morgan fingerprint density at radius 1 is 1.08 bits per heavy atom. The molecule has 0 aliphatic rings. The molecule has 1 heterocycles. The van der Waals surface area contributed by atoms with Crippen LogP contribution < -0.4 is 31.6 Å². The Hall–Kier alpha value is -1.88. The molecule has 2 rings (SSSR count). The second kappa shape index (κ2) is 10.8. The van der Waals surface area contributed by atoms with Crippen molar-refractivity contribution in [3.8, 4) is 5.75 Å². The lowest BCUT2D eigenvalue weighted by molar-refractivity contribution is -0.697. The fourth-order valence-electron chi connectivity index (χ4n) is 2.30. The molecule has 1 amide bonds. The van der Waals surface area contributed by atoms with Crippen LogP contribution in [0.25, 0.3) is 0 Å². The van der Waals surface area contributed by atoms with Gasteiger partial charge in [-0.2, -0.15) is 0 Å². The number of aromatic nitrogens is 1. The van der Waals surface area contributed by atoms with E-state index in [-0.39, 0.29) is 29.0 Å². The molecular formula is C19H25BrN2O2. The number of para-hydroxylation sites is 2. The highest BCUT2D eigenvalue weighted by molar-refractivity contribution is 5.92. The van der Waals surface area contributed by atoms with E-state index in [1.165, 1.54) is 0 Å². The van der Waals surface area contributed by atoms with Gasteiger partial charge in [0.05, 0.1) is 11.8 Å². The van der Waals surface area contributed by atoms with E-state index in [0.717, 1.165) is 30.8 Å². The molecule has 0 fully saturated rings. The summed E-state index contributed by atoms with van der Waals surface area (Å²) in [5.41, 5.74) is 0.739. The fraction of sp³-hybridized carbons (Fsp3) is 0.368. The summed E-state index contributed by atoms with van der Waals surface area (Å²) in [5.74, 6) is 0.749. The molecule has 4 nitrogen and oxygen atoms in total. The van der Waals surface area contributed by atoms with Crippen LogP contribution in [0.3, 0.4) is 0 Å². The minimum Gasteiger partial charge on any atom is -1.00 e. The molecule has 0 saturated carbocycles. The first-order valence-corrected chi connectivity index (χ1v) is 8.15. The number of rotatable bonds is 8. The van der Waals surface area contributed by atoms with E-state index in [1.54, 1.807) is 0 Å². The summed E-state index contributed by atoms with van der Waals surface area (Å²) in [6.07, 6.45) is 6.52. The number of nitrogens with zero attached hydrogens (tertiary/aromatic N) is 1. The largest absolute Gasteiger partial charge is 1.00 e. The Kier molecular flexibility index (Phi) is 9.08. The van der Waals surface area contributed by atoms with Crippen molar-refractivity contribution in [1.82, 2.24) is 0 Å². The number of ether oxygens (including phenoxy) is 1. The van der Waals surface area contributed by atoms with Gasteiger partial charge in [-0.3, -0.25) is 4.79 Å².